The monoisotopic (exact) mass is 262 g/mol. The van der Waals surface area contributed by atoms with Crippen molar-refractivity contribution in [2.24, 2.45) is 0 Å². The van der Waals surface area contributed by atoms with Crippen LogP contribution in [0.4, 0.5) is 0 Å². The molecule has 1 saturated heterocycles. The van der Waals surface area contributed by atoms with Crippen LogP contribution in [0, 0.1) is 11.8 Å². The van der Waals surface area contributed by atoms with Crippen LogP contribution < -0.4 is 5.32 Å². The lowest BCUT2D eigenvalue weighted by Gasteiger charge is -2.46. The Balaban J connectivity index is 2.17. The van der Waals surface area contributed by atoms with Gasteiger partial charge in [-0.15, -0.1) is 11.8 Å². The van der Waals surface area contributed by atoms with Gasteiger partial charge in [0.1, 0.15) is 11.6 Å². The molecule has 2 amide bonds. The van der Waals surface area contributed by atoms with E-state index in [-0.39, 0.29) is 17.9 Å². The molecule has 4 heteroatoms. The Hall–Kier alpha value is -1.50. The van der Waals surface area contributed by atoms with Gasteiger partial charge in [-0.05, 0) is 26.7 Å². The molecule has 1 unspecified atom stereocenters. The summed E-state index contributed by atoms with van der Waals surface area (Å²) in [5.74, 6) is 5.87. The van der Waals surface area contributed by atoms with E-state index in [4.69, 9.17) is 0 Å². The third kappa shape index (κ3) is 2.60. The highest BCUT2D eigenvalue weighted by Gasteiger charge is 2.49. The summed E-state index contributed by atoms with van der Waals surface area (Å²) < 4.78 is 0. The average molecular weight is 262 g/mol. The minimum Gasteiger partial charge on any atom is -0.340 e. The summed E-state index contributed by atoms with van der Waals surface area (Å²) in [6.07, 6.45) is 5.38. The largest absolute Gasteiger partial charge is 0.340 e. The predicted molar refractivity (Wildman–Crippen MR) is 73.2 cm³/mol. The third-order valence-electron chi connectivity index (χ3n) is 4.24. The summed E-state index contributed by atoms with van der Waals surface area (Å²) in [5.41, 5.74) is -0.624. The molecular formula is C15H22N2O2. The number of rotatable bonds is 2. The van der Waals surface area contributed by atoms with Crippen LogP contribution in [-0.4, -0.2) is 34.8 Å². The summed E-state index contributed by atoms with van der Waals surface area (Å²) >= 11 is 0. The minimum atomic E-state index is -0.624. The summed E-state index contributed by atoms with van der Waals surface area (Å²) in [6, 6.07) is -0.376. The standard InChI is InChI=1S/C15H22N2O2/c1-3-4-8-11-17-12(2)13(18)16-15(14(17)19)9-6-5-7-10-15/h12H,5-11H2,1-2H3,(H,16,18). The van der Waals surface area contributed by atoms with E-state index in [1.807, 2.05) is 0 Å². The summed E-state index contributed by atoms with van der Waals surface area (Å²) in [4.78, 5) is 26.5. The Morgan fingerprint density at radius 3 is 2.63 bits per heavy atom. The number of hydrogen-bond acceptors (Lipinski definition) is 2. The van der Waals surface area contributed by atoms with Crippen LogP contribution in [0.2, 0.25) is 0 Å². The van der Waals surface area contributed by atoms with Crippen molar-refractivity contribution in [1.82, 2.24) is 10.2 Å². The SMILES string of the molecule is CC#CCCN1C(=O)C2(CCCCC2)NC(=O)C1C. The first-order valence-corrected chi connectivity index (χ1v) is 7.13. The zero-order valence-electron chi connectivity index (χ0n) is 11.8. The molecule has 1 N–H and O–H groups in total. The van der Waals surface area contributed by atoms with Crippen molar-refractivity contribution in [1.29, 1.82) is 0 Å². The van der Waals surface area contributed by atoms with Gasteiger partial charge in [0, 0.05) is 13.0 Å². The van der Waals surface area contributed by atoms with Gasteiger partial charge in [-0.2, -0.15) is 0 Å². The summed E-state index contributed by atoms with van der Waals surface area (Å²) in [7, 11) is 0. The van der Waals surface area contributed by atoms with E-state index in [0.29, 0.717) is 13.0 Å². The van der Waals surface area contributed by atoms with Crippen molar-refractivity contribution >= 4 is 11.8 Å². The first-order chi connectivity index (χ1) is 9.10. The molecule has 0 aromatic rings. The molecule has 1 spiro atoms. The van der Waals surface area contributed by atoms with Gasteiger partial charge < -0.3 is 10.2 Å². The fourth-order valence-electron chi connectivity index (χ4n) is 3.08. The fraction of sp³-hybridized carbons (Fsp3) is 0.733. The van der Waals surface area contributed by atoms with Crippen LogP contribution in [-0.2, 0) is 9.59 Å². The van der Waals surface area contributed by atoms with E-state index in [1.54, 1.807) is 18.7 Å². The first kappa shape index (κ1) is 13.9. The number of piperazine rings is 1. The highest BCUT2D eigenvalue weighted by Crippen LogP contribution is 2.33. The second-order valence-corrected chi connectivity index (χ2v) is 5.48. The quantitative estimate of drug-likeness (QED) is 0.766. The van der Waals surface area contributed by atoms with Crippen LogP contribution in [0.1, 0.15) is 52.4 Å². The molecule has 0 bridgehead atoms. The molecule has 1 aliphatic carbocycles. The number of amides is 2. The van der Waals surface area contributed by atoms with E-state index in [0.717, 1.165) is 32.1 Å². The molecular weight excluding hydrogens is 240 g/mol. The van der Waals surface area contributed by atoms with Crippen molar-refractivity contribution in [3.05, 3.63) is 0 Å². The molecule has 2 rings (SSSR count). The van der Waals surface area contributed by atoms with E-state index in [1.165, 1.54) is 0 Å². The molecule has 0 radical (unpaired) electrons. The van der Waals surface area contributed by atoms with Crippen LogP contribution in [0.25, 0.3) is 0 Å². The number of nitrogens with one attached hydrogen (secondary N) is 1. The third-order valence-corrected chi connectivity index (χ3v) is 4.24. The zero-order chi connectivity index (χ0) is 13.9. The van der Waals surface area contributed by atoms with Crippen molar-refractivity contribution in [2.75, 3.05) is 6.54 Å². The molecule has 4 nitrogen and oxygen atoms in total. The molecule has 1 heterocycles. The van der Waals surface area contributed by atoms with Crippen molar-refractivity contribution in [3.63, 3.8) is 0 Å². The maximum atomic E-state index is 12.7. The molecule has 1 atom stereocenters. The van der Waals surface area contributed by atoms with Crippen LogP contribution >= 0.6 is 0 Å². The second kappa shape index (κ2) is 5.64. The van der Waals surface area contributed by atoms with Gasteiger partial charge >= 0.3 is 0 Å². The Kier molecular flexibility index (Phi) is 4.14. The first-order valence-electron chi connectivity index (χ1n) is 7.13. The van der Waals surface area contributed by atoms with Gasteiger partial charge in [0.15, 0.2) is 0 Å². The lowest BCUT2D eigenvalue weighted by Crippen LogP contribution is -2.70. The zero-order valence-corrected chi connectivity index (χ0v) is 11.8. The highest BCUT2D eigenvalue weighted by molar-refractivity contribution is 5.99. The molecule has 0 aromatic carbocycles. The van der Waals surface area contributed by atoms with Gasteiger partial charge in [-0.3, -0.25) is 9.59 Å². The van der Waals surface area contributed by atoms with E-state index >= 15 is 0 Å². The van der Waals surface area contributed by atoms with Crippen molar-refractivity contribution < 1.29 is 9.59 Å². The van der Waals surface area contributed by atoms with Gasteiger partial charge in [-0.25, -0.2) is 0 Å². The Morgan fingerprint density at radius 2 is 2.00 bits per heavy atom. The predicted octanol–water partition coefficient (Wildman–Crippen LogP) is 1.45. The molecule has 0 aromatic heterocycles. The Labute approximate surface area is 114 Å². The maximum absolute atomic E-state index is 12.7. The topological polar surface area (TPSA) is 49.4 Å². The lowest BCUT2D eigenvalue weighted by atomic mass is 9.78. The molecule has 104 valence electrons. The molecule has 1 aliphatic heterocycles. The number of carbonyl (C=O) groups is 2. The van der Waals surface area contributed by atoms with Gasteiger partial charge in [0.05, 0.1) is 0 Å². The summed E-state index contributed by atoms with van der Waals surface area (Å²) in [5, 5.41) is 2.99. The van der Waals surface area contributed by atoms with E-state index in [2.05, 4.69) is 17.2 Å². The number of hydrogen-bond donors (Lipinski definition) is 1. The van der Waals surface area contributed by atoms with E-state index < -0.39 is 5.54 Å². The van der Waals surface area contributed by atoms with Crippen molar-refractivity contribution in [2.45, 2.75) is 64.0 Å². The average Bonchev–Trinajstić information content (AvgIpc) is 2.42. The van der Waals surface area contributed by atoms with Crippen LogP contribution in [0.3, 0.4) is 0 Å². The smallest absolute Gasteiger partial charge is 0.249 e. The molecule has 19 heavy (non-hydrogen) atoms. The van der Waals surface area contributed by atoms with E-state index in [9.17, 15) is 9.59 Å². The van der Waals surface area contributed by atoms with Gasteiger partial charge in [-0.1, -0.05) is 19.3 Å². The van der Waals surface area contributed by atoms with Gasteiger partial charge in [0.25, 0.3) is 0 Å². The normalized spacial score (nSPS) is 25.8. The van der Waals surface area contributed by atoms with Gasteiger partial charge in [0.2, 0.25) is 11.8 Å². The maximum Gasteiger partial charge on any atom is 0.249 e. The molecule has 1 saturated carbocycles. The Bertz CT molecular complexity index is 427. The van der Waals surface area contributed by atoms with Crippen molar-refractivity contribution in [3.8, 4) is 11.8 Å². The van der Waals surface area contributed by atoms with Crippen LogP contribution in [0.5, 0.6) is 0 Å². The molecule has 2 fully saturated rings. The second-order valence-electron chi connectivity index (χ2n) is 5.48. The highest BCUT2D eigenvalue weighted by atomic mass is 16.2. The van der Waals surface area contributed by atoms with Crippen LogP contribution in [0.15, 0.2) is 0 Å². The number of nitrogens with zero attached hydrogens (tertiary/aromatic N) is 1. The summed E-state index contributed by atoms with van der Waals surface area (Å²) in [6.45, 7) is 4.13. The molecule has 2 aliphatic rings. The minimum absolute atomic E-state index is 0.0223. The Morgan fingerprint density at radius 1 is 1.32 bits per heavy atom. The lowest BCUT2D eigenvalue weighted by molar-refractivity contribution is -0.155. The fourth-order valence-corrected chi connectivity index (χ4v) is 3.08. The number of carbonyl (C=O) groups excluding carboxylic acids is 2.